The predicted molar refractivity (Wildman–Crippen MR) is 88.7 cm³/mol. The molecule has 1 aliphatic heterocycles. The summed E-state index contributed by atoms with van der Waals surface area (Å²) < 4.78 is 0. The van der Waals surface area contributed by atoms with Crippen LogP contribution in [0, 0.1) is 5.92 Å². The van der Waals surface area contributed by atoms with E-state index in [2.05, 4.69) is 20.1 Å². The van der Waals surface area contributed by atoms with Crippen molar-refractivity contribution in [1.82, 2.24) is 15.2 Å². The van der Waals surface area contributed by atoms with Gasteiger partial charge in [-0.05, 0) is 24.6 Å². The molecule has 122 valence electrons. The van der Waals surface area contributed by atoms with Crippen molar-refractivity contribution in [3.63, 3.8) is 0 Å². The van der Waals surface area contributed by atoms with Gasteiger partial charge in [0.1, 0.15) is 5.82 Å². The van der Waals surface area contributed by atoms with Gasteiger partial charge in [0.25, 0.3) is 0 Å². The average molecular weight is 305 g/mol. The fraction of sp³-hybridized carbons (Fsp3) is 0.625. The summed E-state index contributed by atoms with van der Waals surface area (Å²) in [4.78, 5) is 20.8. The highest BCUT2D eigenvalue weighted by Gasteiger charge is 2.18. The maximum atomic E-state index is 11.8. The normalized spacial score (nSPS) is 17.3. The number of nitrogens with zero attached hydrogens (tertiary/aromatic N) is 3. The van der Waals surface area contributed by atoms with E-state index in [1.807, 2.05) is 31.3 Å². The Morgan fingerprint density at radius 2 is 2.14 bits per heavy atom. The molecule has 1 aromatic heterocycles. The van der Waals surface area contributed by atoms with E-state index in [-0.39, 0.29) is 5.91 Å². The quantitative estimate of drug-likeness (QED) is 0.758. The number of hydrogen-bond donors (Lipinski definition) is 2. The van der Waals surface area contributed by atoms with Crippen LogP contribution in [-0.2, 0) is 4.79 Å². The molecule has 1 atom stereocenters. The van der Waals surface area contributed by atoms with Gasteiger partial charge in [0.15, 0.2) is 0 Å². The van der Waals surface area contributed by atoms with Crippen molar-refractivity contribution in [3.8, 4) is 0 Å². The van der Waals surface area contributed by atoms with Gasteiger partial charge in [-0.15, -0.1) is 0 Å². The summed E-state index contributed by atoms with van der Waals surface area (Å²) in [5.41, 5.74) is 5.54. The fourth-order valence-corrected chi connectivity index (χ4v) is 2.46. The number of piperazine rings is 1. The molecule has 2 heterocycles. The fourth-order valence-electron chi connectivity index (χ4n) is 2.46. The lowest BCUT2D eigenvalue weighted by Crippen LogP contribution is -2.47. The Kier molecular flexibility index (Phi) is 6.61. The Labute approximate surface area is 132 Å². The van der Waals surface area contributed by atoms with Gasteiger partial charge in [-0.25, -0.2) is 4.98 Å². The van der Waals surface area contributed by atoms with Crippen LogP contribution in [0.5, 0.6) is 0 Å². The van der Waals surface area contributed by atoms with Gasteiger partial charge in [0, 0.05) is 51.9 Å². The van der Waals surface area contributed by atoms with Crippen LogP contribution in [0.1, 0.15) is 13.3 Å². The summed E-state index contributed by atoms with van der Waals surface area (Å²) in [7, 11) is 0. The van der Waals surface area contributed by atoms with Crippen molar-refractivity contribution in [2.45, 2.75) is 13.3 Å². The van der Waals surface area contributed by atoms with E-state index in [1.165, 1.54) is 0 Å². The van der Waals surface area contributed by atoms with E-state index < -0.39 is 0 Å². The SMILES string of the molecule is CC(CN)CNC(=O)CCN1CCN(c2ccccn2)CC1. The minimum absolute atomic E-state index is 0.118. The molecule has 6 heteroatoms. The van der Waals surface area contributed by atoms with Gasteiger partial charge in [0.05, 0.1) is 0 Å². The van der Waals surface area contributed by atoms with E-state index in [0.29, 0.717) is 25.4 Å². The van der Waals surface area contributed by atoms with Crippen molar-refractivity contribution in [1.29, 1.82) is 0 Å². The first-order valence-corrected chi connectivity index (χ1v) is 8.04. The molecule has 6 nitrogen and oxygen atoms in total. The molecule has 1 aliphatic rings. The second kappa shape index (κ2) is 8.70. The van der Waals surface area contributed by atoms with Crippen LogP contribution in [0.2, 0.25) is 0 Å². The smallest absolute Gasteiger partial charge is 0.221 e. The lowest BCUT2D eigenvalue weighted by atomic mass is 10.2. The number of anilines is 1. The zero-order valence-electron chi connectivity index (χ0n) is 13.4. The minimum atomic E-state index is 0.118. The summed E-state index contributed by atoms with van der Waals surface area (Å²) in [6.45, 7) is 8.01. The maximum absolute atomic E-state index is 11.8. The Balaban J connectivity index is 1.64. The van der Waals surface area contributed by atoms with Crippen LogP contribution in [0.3, 0.4) is 0 Å². The number of aromatic nitrogens is 1. The minimum Gasteiger partial charge on any atom is -0.356 e. The van der Waals surface area contributed by atoms with E-state index in [1.54, 1.807) is 0 Å². The number of hydrogen-bond acceptors (Lipinski definition) is 5. The molecule has 3 N–H and O–H groups in total. The number of amides is 1. The van der Waals surface area contributed by atoms with E-state index in [9.17, 15) is 4.79 Å². The van der Waals surface area contributed by atoms with Crippen molar-refractivity contribution >= 4 is 11.7 Å². The number of carbonyl (C=O) groups excluding carboxylic acids is 1. The molecule has 1 fully saturated rings. The first-order chi connectivity index (χ1) is 10.7. The Morgan fingerprint density at radius 3 is 2.77 bits per heavy atom. The maximum Gasteiger partial charge on any atom is 0.221 e. The molecule has 0 aliphatic carbocycles. The zero-order valence-corrected chi connectivity index (χ0v) is 13.4. The van der Waals surface area contributed by atoms with Gasteiger partial charge in [0.2, 0.25) is 5.91 Å². The summed E-state index contributed by atoms with van der Waals surface area (Å²) in [6, 6.07) is 5.99. The third kappa shape index (κ3) is 5.27. The van der Waals surface area contributed by atoms with Crippen molar-refractivity contribution < 1.29 is 4.79 Å². The number of nitrogens with two attached hydrogens (primary N) is 1. The second-order valence-electron chi connectivity index (χ2n) is 5.91. The third-order valence-corrected chi connectivity index (χ3v) is 4.05. The molecule has 0 aromatic carbocycles. The highest BCUT2D eigenvalue weighted by Crippen LogP contribution is 2.12. The first-order valence-electron chi connectivity index (χ1n) is 8.04. The highest BCUT2D eigenvalue weighted by molar-refractivity contribution is 5.76. The summed E-state index contributed by atoms with van der Waals surface area (Å²) in [5, 5.41) is 2.94. The predicted octanol–water partition coefficient (Wildman–Crippen LogP) is 0.305. The molecule has 2 rings (SSSR count). The van der Waals surface area contributed by atoms with Gasteiger partial charge < -0.3 is 16.0 Å². The molecule has 1 amide bonds. The molecule has 0 saturated carbocycles. The Hall–Kier alpha value is -1.66. The zero-order chi connectivity index (χ0) is 15.8. The summed E-state index contributed by atoms with van der Waals surface area (Å²) in [6.07, 6.45) is 2.38. The monoisotopic (exact) mass is 305 g/mol. The number of nitrogens with one attached hydrogen (secondary N) is 1. The average Bonchev–Trinajstić information content (AvgIpc) is 2.59. The lowest BCUT2D eigenvalue weighted by Gasteiger charge is -2.35. The van der Waals surface area contributed by atoms with Crippen LogP contribution in [0.15, 0.2) is 24.4 Å². The largest absolute Gasteiger partial charge is 0.356 e. The molecule has 0 bridgehead atoms. The molecule has 1 saturated heterocycles. The lowest BCUT2D eigenvalue weighted by molar-refractivity contribution is -0.121. The summed E-state index contributed by atoms with van der Waals surface area (Å²) in [5.74, 6) is 1.49. The molecule has 1 aromatic rings. The van der Waals surface area contributed by atoms with Gasteiger partial charge in [-0.3, -0.25) is 9.69 Å². The molecule has 1 unspecified atom stereocenters. The van der Waals surface area contributed by atoms with Crippen LogP contribution in [-0.4, -0.2) is 61.6 Å². The Morgan fingerprint density at radius 1 is 1.36 bits per heavy atom. The van der Waals surface area contributed by atoms with E-state index in [0.717, 1.165) is 38.5 Å². The molecular formula is C16H27N5O. The number of pyridine rings is 1. The van der Waals surface area contributed by atoms with E-state index in [4.69, 9.17) is 5.73 Å². The van der Waals surface area contributed by atoms with Crippen molar-refractivity contribution in [2.24, 2.45) is 11.7 Å². The number of rotatable bonds is 7. The van der Waals surface area contributed by atoms with Crippen molar-refractivity contribution in [2.75, 3.05) is 50.7 Å². The Bertz CT molecular complexity index is 445. The summed E-state index contributed by atoms with van der Waals surface area (Å²) >= 11 is 0. The highest BCUT2D eigenvalue weighted by atomic mass is 16.1. The van der Waals surface area contributed by atoms with Gasteiger partial charge in [-0.1, -0.05) is 13.0 Å². The first kappa shape index (κ1) is 16.7. The topological polar surface area (TPSA) is 74.5 Å². The van der Waals surface area contributed by atoms with Crippen molar-refractivity contribution in [3.05, 3.63) is 24.4 Å². The molecular weight excluding hydrogens is 278 g/mol. The van der Waals surface area contributed by atoms with Crippen LogP contribution >= 0.6 is 0 Å². The second-order valence-corrected chi connectivity index (χ2v) is 5.91. The van der Waals surface area contributed by atoms with Crippen LogP contribution in [0.4, 0.5) is 5.82 Å². The van der Waals surface area contributed by atoms with Crippen LogP contribution < -0.4 is 16.0 Å². The standard InChI is InChI=1S/C16H27N5O/c1-14(12-17)13-19-16(22)5-7-20-8-10-21(11-9-20)15-4-2-3-6-18-15/h2-4,6,14H,5,7-13,17H2,1H3,(H,19,22). The molecule has 22 heavy (non-hydrogen) atoms. The van der Waals surface area contributed by atoms with E-state index >= 15 is 0 Å². The van der Waals surface area contributed by atoms with Crippen LogP contribution in [0.25, 0.3) is 0 Å². The van der Waals surface area contributed by atoms with Gasteiger partial charge in [-0.2, -0.15) is 0 Å². The molecule has 0 radical (unpaired) electrons. The number of carbonyl (C=O) groups is 1. The van der Waals surface area contributed by atoms with Gasteiger partial charge >= 0.3 is 0 Å². The third-order valence-electron chi connectivity index (χ3n) is 4.05. The molecule has 0 spiro atoms.